The minimum absolute atomic E-state index is 0.549. The number of hydrogen-bond acceptors (Lipinski definition) is 8. The van der Waals surface area contributed by atoms with Crippen molar-refractivity contribution in [3.05, 3.63) is 60.2 Å². The van der Waals surface area contributed by atoms with Crippen molar-refractivity contribution in [1.82, 2.24) is 30.2 Å². The summed E-state index contributed by atoms with van der Waals surface area (Å²) in [6.07, 6.45) is 1.55. The van der Waals surface area contributed by atoms with Gasteiger partial charge in [-0.2, -0.15) is 15.1 Å². The fraction of sp³-hybridized carbons (Fsp3) is 0.304. The van der Waals surface area contributed by atoms with Crippen molar-refractivity contribution >= 4 is 5.95 Å². The molecule has 0 saturated carbocycles. The number of methoxy groups -OCH3 is 1. The van der Waals surface area contributed by atoms with Crippen molar-refractivity contribution in [3.8, 4) is 28.3 Å². The molecule has 4 aromatic rings. The van der Waals surface area contributed by atoms with Crippen molar-refractivity contribution in [2.45, 2.75) is 13.5 Å². The molecule has 9 heteroatoms. The second-order valence-corrected chi connectivity index (χ2v) is 7.82. The van der Waals surface area contributed by atoms with E-state index in [1.165, 1.54) is 5.56 Å². The minimum atomic E-state index is 0.549. The largest absolute Gasteiger partial charge is 0.496 e. The topological polar surface area (TPSA) is 96.2 Å². The van der Waals surface area contributed by atoms with E-state index in [4.69, 9.17) is 9.26 Å². The summed E-state index contributed by atoms with van der Waals surface area (Å²) in [6, 6.07) is 14.5. The van der Waals surface area contributed by atoms with Gasteiger partial charge in [0.05, 0.1) is 7.11 Å². The highest BCUT2D eigenvalue weighted by Gasteiger charge is 2.19. The lowest BCUT2D eigenvalue weighted by Gasteiger charge is -2.34. The standard InChI is InChI=1S/C23H25N7O2/c1-16-26-22(28-32-16)19-5-3-4-18(13-19)20-12-17(6-7-21(20)31-2)14-29-8-10-30(11-9-29)23-24-15-25-27-23/h3-7,12-13,15H,8-11,14H2,1-2H3,(H,24,25,27). The Morgan fingerprint density at radius 3 is 2.62 bits per heavy atom. The average Bonchev–Trinajstić information content (AvgIpc) is 3.52. The van der Waals surface area contributed by atoms with Gasteiger partial charge in [0.15, 0.2) is 0 Å². The van der Waals surface area contributed by atoms with Crippen LogP contribution in [0.25, 0.3) is 22.5 Å². The molecule has 0 unspecified atom stereocenters. The molecule has 0 aliphatic carbocycles. The van der Waals surface area contributed by atoms with E-state index in [1.54, 1.807) is 20.4 Å². The van der Waals surface area contributed by atoms with Gasteiger partial charge < -0.3 is 14.2 Å². The molecule has 2 aromatic carbocycles. The van der Waals surface area contributed by atoms with Crippen LogP contribution in [-0.2, 0) is 6.54 Å². The van der Waals surface area contributed by atoms with E-state index in [2.05, 4.69) is 59.4 Å². The fourth-order valence-electron chi connectivity index (χ4n) is 4.05. The van der Waals surface area contributed by atoms with Crippen molar-refractivity contribution in [1.29, 1.82) is 0 Å². The number of hydrogen-bond donors (Lipinski definition) is 1. The maximum Gasteiger partial charge on any atom is 0.223 e. The summed E-state index contributed by atoms with van der Waals surface area (Å²) in [5.41, 5.74) is 4.26. The Morgan fingerprint density at radius 2 is 1.91 bits per heavy atom. The van der Waals surface area contributed by atoms with E-state index < -0.39 is 0 Å². The van der Waals surface area contributed by atoms with E-state index >= 15 is 0 Å². The summed E-state index contributed by atoms with van der Waals surface area (Å²) in [5, 5.41) is 10.9. The molecule has 0 bridgehead atoms. The second-order valence-electron chi connectivity index (χ2n) is 7.82. The lowest BCUT2D eigenvalue weighted by molar-refractivity contribution is 0.248. The lowest BCUT2D eigenvalue weighted by Crippen LogP contribution is -2.46. The van der Waals surface area contributed by atoms with Crippen LogP contribution in [-0.4, -0.2) is 63.5 Å². The van der Waals surface area contributed by atoms with E-state index in [-0.39, 0.29) is 0 Å². The zero-order valence-corrected chi connectivity index (χ0v) is 18.2. The molecule has 3 heterocycles. The van der Waals surface area contributed by atoms with Crippen LogP contribution in [0.15, 0.2) is 53.3 Å². The number of ether oxygens (including phenoxy) is 1. The number of rotatable bonds is 6. The first-order valence-corrected chi connectivity index (χ1v) is 10.6. The molecule has 0 amide bonds. The Labute approximate surface area is 186 Å². The first-order valence-electron chi connectivity index (χ1n) is 10.6. The predicted molar refractivity (Wildman–Crippen MR) is 120 cm³/mol. The first kappa shape index (κ1) is 20.2. The van der Waals surface area contributed by atoms with Crippen LogP contribution in [0.4, 0.5) is 5.95 Å². The maximum absolute atomic E-state index is 5.66. The normalized spacial score (nSPS) is 14.6. The number of nitrogens with one attached hydrogen (secondary N) is 1. The van der Waals surface area contributed by atoms with Gasteiger partial charge in [0.1, 0.15) is 12.1 Å². The van der Waals surface area contributed by atoms with Crippen LogP contribution in [0, 0.1) is 6.92 Å². The molecule has 2 aromatic heterocycles. The smallest absolute Gasteiger partial charge is 0.223 e. The van der Waals surface area contributed by atoms with Gasteiger partial charge in [0, 0.05) is 50.8 Å². The molecule has 1 saturated heterocycles. The molecule has 1 aliphatic rings. The fourth-order valence-corrected chi connectivity index (χ4v) is 4.05. The number of aromatic amines is 1. The second kappa shape index (κ2) is 8.80. The lowest BCUT2D eigenvalue weighted by atomic mass is 9.99. The zero-order valence-electron chi connectivity index (χ0n) is 18.2. The number of H-pyrrole nitrogens is 1. The van der Waals surface area contributed by atoms with Crippen LogP contribution < -0.4 is 9.64 Å². The van der Waals surface area contributed by atoms with E-state index in [1.807, 2.05) is 18.2 Å². The van der Waals surface area contributed by atoms with Gasteiger partial charge in [0.2, 0.25) is 17.7 Å². The summed E-state index contributed by atoms with van der Waals surface area (Å²) in [6.45, 7) is 6.45. The molecule has 5 rings (SSSR count). The molecule has 164 valence electrons. The third kappa shape index (κ3) is 4.19. The Morgan fingerprint density at radius 1 is 1.06 bits per heavy atom. The summed E-state index contributed by atoms with van der Waals surface area (Å²) in [4.78, 5) is 13.3. The Balaban J connectivity index is 1.34. The monoisotopic (exact) mass is 431 g/mol. The highest BCUT2D eigenvalue weighted by atomic mass is 16.5. The van der Waals surface area contributed by atoms with Crippen LogP contribution in [0.1, 0.15) is 11.5 Å². The number of aryl methyl sites for hydroxylation is 1. The molecule has 9 nitrogen and oxygen atoms in total. The number of piperazine rings is 1. The van der Waals surface area contributed by atoms with Crippen LogP contribution >= 0.6 is 0 Å². The number of aromatic nitrogens is 5. The highest BCUT2D eigenvalue weighted by Crippen LogP contribution is 2.33. The SMILES string of the molecule is COc1ccc(CN2CCN(c3ncn[nH]3)CC2)cc1-c1cccc(-c2noc(C)n2)c1. The summed E-state index contributed by atoms with van der Waals surface area (Å²) in [7, 11) is 1.70. The predicted octanol–water partition coefficient (Wildman–Crippen LogP) is 3.16. The van der Waals surface area contributed by atoms with Crippen LogP contribution in [0.2, 0.25) is 0 Å². The van der Waals surface area contributed by atoms with Gasteiger partial charge in [-0.3, -0.25) is 4.90 Å². The summed E-state index contributed by atoms with van der Waals surface area (Å²) in [5.74, 6) is 2.82. The molecular weight excluding hydrogens is 406 g/mol. The van der Waals surface area contributed by atoms with E-state index in [0.29, 0.717) is 11.7 Å². The van der Waals surface area contributed by atoms with Crippen LogP contribution in [0.3, 0.4) is 0 Å². The maximum atomic E-state index is 5.66. The van der Waals surface area contributed by atoms with Crippen molar-refractivity contribution < 1.29 is 9.26 Å². The Kier molecular flexibility index (Phi) is 5.55. The first-order chi connectivity index (χ1) is 15.7. The molecule has 1 aliphatic heterocycles. The Hall–Kier alpha value is -3.72. The summed E-state index contributed by atoms with van der Waals surface area (Å²) < 4.78 is 10.8. The van der Waals surface area contributed by atoms with Crippen LogP contribution in [0.5, 0.6) is 5.75 Å². The Bertz CT molecular complexity index is 1180. The third-order valence-corrected chi connectivity index (χ3v) is 5.70. The number of benzene rings is 2. The minimum Gasteiger partial charge on any atom is -0.496 e. The molecular formula is C23H25N7O2. The quantitative estimate of drug-likeness (QED) is 0.497. The van der Waals surface area contributed by atoms with Crippen molar-refractivity contribution in [3.63, 3.8) is 0 Å². The van der Waals surface area contributed by atoms with Gasteiger partial charge in [-0.15, -0.1) is 0 Å². The van der Waals surface area contributed by atoms with E-state index in [9.17, 15) is 0 Å². The van der Waals surface area contributed by atoms with E-state index in [0.717, 1.165) is 61.1 Å². The zero-order chi connectivity index (χ0) is 21.9. The highest BCUT2D eigenvalue weighted by molar-refractivity contribution is 5.75. The number of anilines is 1. The number of nitrogens with zero attached hydrogens (tertiary/aromatic N) is 6. The molecule has 1 N–H and O–H groups in total. The molecule has 32 heavy (non-hydrogen) atoms. The van der Waals surface area contributed by atoms with Crippen molar-refractivity contribution in [2.24, 2.45) is 0 Å². The van der Waals surface area contributed by atoms with Gasteiger partial charge in [-0.25, -0.2) is 5.10 Å². The van der Waals surface area contributed by atoms with Gasteiger partial charge >= 0.3 is 0 Å². The molecule has 1 fully saturated rings. The summed E-state index contributed by atoms with van der Waals surface area (Å²) >= 11 is 0. The average molecular weight is 432 g/mol. The van der Waals surface area contributed by atoms with Gasteiger partial charge in [0.25, 0.3) is 0 Å². The van der Waals surface area contributed by atoms with Gasteiger partial charge in [-0.1, -0.05) is 29.4 Å². The molecule has 0 radical (unpaired) electrons. The van der Waals surface area contributed by atoms with Gasteiger partial charge in [-0.05, 0) is 29.3 Å². The molecule has 0 spiro atoms. The molecule has 0 atom stereocenters. The third-order valence-electron chi connectivity index (χ3n) is 5.70. The van der Waals surface area contributed by atoms with Crippen molar-refractivity contribution in [2.75, 3.05) is 38.2 Å².